The normalized spacial score (nSPS) is 20.9. The van der Waals surface area contributed by atoms with Crippen molar-refractivity contribution in [2.45, 2.75) is 58.6 Å². The fraction of sp³-hybridized carbons (Fsp3) is 0.632. The lowest BCUT2D eigenvalue weighted by Gasteiger charge is -2.30. The van der Waals surface area contributed by atoms with Gasteiger partial charge in [0.2, 0.25) is 0 Å². The van der Waals surface area contributed by atoms with E-state index in [1.165, 1.54) is 0 Å². The molecule has 0 radical (unpaired) electrons. The molecule has 1 amide bonds. The number of rotatable bonds is 5. The fourth-order valence-electron chi connectivity index (χ4n) is 3.14. The predicted octanol–water partition coefficient (Wildman–Crippen LogP) is 2.79. The average Bonchev–Trinajstić information content (AvgIpc) is 2.87. The summed E-state index contributed by atoms with van der Waals surface area (Å²) in [6.07, 6.45) is -0.146. The van der Waals surface area contributed by atoms with E-state index < -0.39 is 15.9 Å². The number of ether oxygens (including phenoxy) is 1. The summed E-state index contributed by atoms with van der Waals surface area (Å²) in [5.74, 6) is 0.706. The van der Waals surface area contributed by atoms with Gasteiger partial charge in [-0.1, -0.05) is 32.9 Å². The van der Waals surface area contributed by atoms with Gasteiger partial charge in [-0.2, -0.15) is 0 Å². The maximum absolute atomic E-state index is 12.8. The van der Waals surface area contributed by atoms with Crippen molar-refractivity contribution in [3.8, 4) is 5.75 Å². The van der Waals surface area contributed by atoms with Crippen molar-refractivity contribution in [3.63, 3.8) is 0 Å². The van der Waals surface area contributed by atoms with Gasteiger partial charge in [0.05, 0.1) is 11.5 Å². The lowest BCUT2D eigenvalue weighted by atomic mass is 9.87. The molecule has 1 aliphatic rings. The van der Waals surface area contributed by atoms with Gasteiger partial charge in [0.25, 0.3) is 5.91 Å². The molecule has 25 heavy (non-hydrogen) atoms. The molecule has 0 aromatic heterocycles. The maximum atomic E-state index is 12.8. The van der Waals surface area contributed by atoms with Crippen LogP contribution in [0.25, 0.3) is 0 Å². The molecule has 5 nitrogen and oxygen atoms in total. The lowest BCUT2D eigenvalue weighted by Crippen LogP contribution is -2.46. The molecule has 2 unspecified atom stereocenters. The third kappa shape index (κ3) is 4.97. The third-order valence-corrected chi connectivity index (χ3v) is 6.38. The van der Waals surface area contributed by atoms with Gasteiger partial charge in [-0.05, 0) is 43.4 Å². The van der Waals surface area contributed by atoms with Crippen LogP contribution in [0.1, 0.15) is 46.6 Å². The van der Waals surface area contributed by atoms with Crippen molar-refractivity contribution >= 4 is 15.7 Å². The number of carbonyl (C=O) groups excluding carboxylic acids is 1. The first-order valence-corrected chi connectivity index (χ1v) is 10.6. The number of carbonyl (C=O) groups is 1. The Hall–Kier alpha value is -1.56. The van der Waals surface area contributed by atoms with Crippen molar-refractivity contribution in [2.24, 2.45) is 0 Å². The lowest BCUT2D eigenvalue weighted by molar-refractivity contribution is -0.139. The molecular weight excluding hydrogens is 338 g/mol. The van der Waals surface area contributed by atoms with Gasteiger partial charge < -0.3 is 9.64 Å². The number of hydrogen-bond acceptors (Lipinski definition) is 4. The van der Waals surface area contributed by atoms with Crippen LogP contribution in [0.4, 0.5) is 0 Å². The zero-order chi connectivity index (χ0) is 18.8. The van der Waals surface area contributed by atoms with E-state index >= 15 is 0 Å². The van der Waals surface area contributed by atoms with Gasteiger partial charge in [0, 0.05) is 12.6 Å². The van der Waals surface area contributed by atoms with Crippen LogP contribution in [0.2, 0.25) is 0 Å². The van der Waals surface area contributed by atoms with Crippen LogP contribution in [0.3, 0.4) is 0 Å². The SMILES string of the molecule is CCN(C(=O)C(C)Oc1cccc(C(C)(C)C)c1)C1CCS(=O)(=O)C1. The highest BCUT2D eigenvalue weighted by Crippen LogP contribution is 2.26. The standard InChI is InChI=1S/C19H29NO4S/c1-6-20(16-10-11-25(22,23)13-16)18(21)14(2)24-17-9-7-8-15(12-17)19(3,4)5/h7-9,12,14,16H,6,10-11,13H2,1-5H3. The molecule has 1 aromatic carbocycles. The van der Waals surface area contributed by atoms with Crippen molar-refractivity contribution in [3.05, 3.63) is 29.8 Å². The Morgan fingerprint density at radius 2 is 2.04 bits per heavy atom. The quantitative estimate of drug-likeness (QED) is 0.803. The molecule has 0 bridgehead atoms. The van der Waals surface area contributed by atoms with Gasteiger partial charge in [0.15, 0.2) is 15.9 Å². The third-order valence-electron chi connectivity index (χ3n) is 4.63. The van der Waals surface area contributed by atoms with Crippen LogP contribution in [0.5, 0.6) is 5.75 Å². The molecule has 1 aliphatic heterocycles. The Labute approximate surface area is 151 Å². The van der Waals surface area contributed by atoms with Crippen LogP contribution >= 0.6 is 0 Å². The van der Waals surface area contributed by atoms with Crippen molar-refractivity contribution < 1.29 is 17.9 Å². The number of hydrogen-bond donors (Lipinski definition) is 0. The Balaban J connectivity index is 2.09. The van der Waals surface area contributed by atoms with Gasteiger partial charge in [-0.25, -0.2) is 8.42 Å². The number of nitrogens with zero attached hydrogens (tertiary/aromatic N) is 1. The summed E-state index contributed by atoms with van der Waals surface area (Å²) in [6, 6.07) is 7.53. The highest BCUT2D eigenvalue weighted by molar-refractivity contribution is 7.91. The first kappa shape index (κ1) is 19.8. The molecule has 1 aromatic rings. The predicted molar refractivity (Wildman–Crippen MR) is 99.7 cm³/mol. The van der Waals surface area contributed by atoms with E-state index in [9.17, 15) is 13.2 Å². The van der Waals surface area contributed by atoms with Gasteiger partial charge >= 0.3 is 0 Å². The van der Waals surface area contributed by atoms with E-state index in [0.29, 0.717) is 18.7 Å². The highest BCUT2D eigenvalue weighted by Gasteiger charge is 2.35. The summed E-state index contributed by atoms with van der Waals surface area (Å²) in [5, 5.41) is 0. The molecule has 0 aliphatic carbocycles. The molecule has 0 N–H and O–H groups in total. The topological polar surface area (TPSA) is 63.7 Å². The summed E-state index contributed by atoms with van der Waals surface area (Å²) in [7, 11) is -3.03. The minimum Gasteiger partial charge on any atom is -0.481 e. The molecule has 2 atom stereocenters. The largest absolute Gasteiger partial charge is 0.481 e. The van der Waals surface area contributed by atoms with Crippen molar-refractivity contribution in [1.29, 1.82) is 0 Å². The minimum atomic E-state index is -3.03. The highest BCUT2D eigenvalue weighted by atomic mass is 32.2. The zero-order valence-electron chi connectivity index (χ0n) is 15.8. The van der Waals surface area contributed by atoms with Gasteiger partial charge in [-0.3, -0.25) is 4.79 Å². The van der Waals surface area contributed by atoms with E-state index in [0.717, 1.165) is 5.56 Å². The van der Waals surface area contributed by atoms with E-state index in [-0.39, 0.29) is 28.9 Å². The molecule has 0 saturated carbocycles. The molecule has 0 spiro atoms. The smallest absolute Gasteiger partial charge is 0.263 e. The average molecular weight is 368 g/mol. The van der Waals surface area contributed by atoms with Gasteiger partial charge in [0.1, 0.15) is 5.75 Å². The second-order valence-corrected chi connectivity index (χ2v) is 9.95. The molecular formula is C19H29NO4S. The molecule has 1 saturated heterocycles. The number of sulfone groups is 1. The molecule has 2 rings (SSSR count). The Morgan fingerprint density at radius 3 is 2.56 bits per heavy atom. The van der Waals surface area contributed by atoms with Crippen LogP contribution in [-0.2, 0) is 20.0 Å². The Bertz CT molecular complexity index is 721. The van der Waals surface area contributed by atoms with Crippen LogP contribution in [0, 0.1) is 0 Å². The van der Waals surface area contributed by atoms with E-state index in [4.69, 9.17) is 4.74 Å². The molecule has 6 heteroatoms. The summed E-state index contributed by atoms with van der Waals surface area (Å²) < 4.78 is 29.3. The summed E-state index contributed by atoms with van der Waals surface area (Å²) in [4.78, 5) is 14.4. The summed E-state index contributed by atoms with van der Waals surface area (Å²) in [5.41, 5.74) is 1.14. The van der Waals surface area contributed by atoms with Crippen LogP contribution < -0.4 is 4.74 Å². The van der Waals surface area contributed by atoms with Gasteiger partial charge in [-0.15, -0.1) is 0 Å². The second kappa shape index (κ2) is 7.36. The number of amides is 1. The maximum Gasteiger partial charge on any atom is 0.263 e. The molecule has 1 heterocycles. The van der Waals surface area contributed by atoms with E-state index in [1.807, 2.05) is 31.2 Å². The first-order valence-electron chi connectivity index (χ1n) is 8.81. The van der Waals surface area contributed by atoms with Crippen LogP contribution in [0.15, 0.2) is 24.3 Å². The Kier molecular flexibility index (Phi) is 5.82. The molecule has 1 fully saturated rings. The Morgan fingerprint density at radius 1 is 1.36 bits per heavy atom. The van der Waals surface area contributed by atoms with Crippen molar-refractivity contribution in [2.75, 3.05) is 18.1 Å². The fourth-order valence-corrected chi connectivity index (χ4v) is 4.87. The minimum absolute atomic E-state index is 0.000276. The monoisotopic (exact) mass is 367 g/mol. The first-order chi connectivity index (χ1) is 11.5. The summed E-state index contributed by atoms with van der Waals surface area (Å²) in [6.45, 7) is 10.4. The molecule has 140 valence electrons. The summed E-state index contributed by atoms with van der Waals surface area (Å²) >= 11 is 0. The van der Waals surface area contributed by atoms with Crippen molar-refractivity contribution in [1.82, 2.24) is 4.90 Å². The van der Waals surface area contributed by atoms with E-state index in [2.05, 4.69) is 20.8 Å². The zero-order valence-corrected chi connectivity index (χ0v) is 16.6. The second-order valence-electron chi connectivity index (χ2n) is 7.72. The van der Waals surface area contributed by atoms with E-state index in [1.54, 1.807) is 11.8 Å². The number of likely N-dealkylation sites (N-methyl/N-ethyl adjacent to an activating group) is 1. The van der Waals surface area contributed by atoms with Crippen LogP contribution in [-0.4, -0.2) is 49.4 Å². The number of benzene rings is 1.